The highest BCUT2D eigenvalue weighted by Crippen LogP contribution is 2.30. The van der Waals surface area contributed by atoms with E-state index >= 15 is 0 Å². The van der Waals surface area contributed by atoms with Gasteiger partial charge in [-0.05, 0) is 74.4 Å². The lowest BCUT2D eigenvalue weighted by Gasteiger charge is -2.34. The van der Waals surface area contributed by atoms with E-state index in [2.05, 4.69) is 46.4 Å². The van der Waals surface area contributed by atoms with Gasteiger partial charge in [0.2, 0.25) is 5.91 Å². The van der Waals surface area contributed by atoms with Gasteiger partial charge in [0.25, 0.3) is 0 Å². The third-order valence-electron chi connectivity index (χ3n) is 6.04. The number of carbonyl (C=O) groups excluding carboxylic acids is 1. The van der Waals surface area contributed by atoms with Gasteiger partial charge in [-0.2, -0.15) is 0 Å². The highest BCUT2D eigenvalue weighted by Gasteiger charge is 2.27. The summed E-state index contributed by atoms with van der Waals surface area (Å²) < 4.78 is 2.05. The van der Waals surface area contributed by atoms with Crippen molar-refractivity contribution in [3.05, 3.63) is 84.8 Å². The van der Waals surface area contributed by atoms with Gasteiger partial charge in [-0.1, -0.05) is 11.6 Å². The Morgan fingerprint density at radius 2 is 1.87 bits per heavy atom. The van der Waals surface area contributed by atoms with Crippen LogP contribution in [0.1, 0.15) is 18.4 Å². The van der Waals surface area contributed by atoms with Crippen LogP contribution < -0.4 is 10.2 Å². The van der Waals surface area contributed by atoms with Crippen molar-refractivity contribution in [3.63, 3.8) is 0 Å². The van der Waals surface area contributed by atoms with Crippen LogP contribution in [-0.2, 0) is 4.79 Å². The highest BCUT2D eigenvalue weighted by atomic mass is 16.1. The molecule has 0 bridgehead atoms. The second-order valence-corrected chi connectivity index (χ2v) is 8.26. The number of amides is 1. The van der Waals surface area contributed by atoms with Crippen molar-refractivity contribution >= 4 is 28.2 Å². The molecule has 1 N–H and O–H groups in total. The third-order valence-corrected chi connectivity index (χ3v) is 6.04. The van der Waals surface area contributed by atoms with Crippen LogP contribution in [0.4, 0.5) is 11.4 Å². The first-order chi connectivity index (χ1) is 15.2. The van der Waals surface area contributed by atoms with Crippen LogP contribution in [0.25, 0.3) is 16.6 Å². The van der Waals surface area contributed by atoms with Crippen LogP contribution in [0, 0.1) is 12.8 Å². The van der Waals surface area contributed by atoms with Crippen molar-refractivity contribution in [1.82, 2.24) is 9.55 Å². The predicted molar refractivity (Wildman–Crippen MR) is 126 cm³/mol. The molecule has 1 atom stereocenters. The molecule has 0 spiro atoms. The predicted octanol–water partition coefficient (Wildman–Crippen LogP) is 5.19. The SMILES string of the molecule is Cc1ccc2nccc(N3CCCC(C(=O)Nc4ccc(-n5cccc5)cc4)C3)c2c1. The summed E-state index contributed by atoms with van der Waals surface area (Å²) >= 11 is 0. The minimum Gasteiger partial charge on any atom is -0.370 e. The standard InChI is InChI=1S/C26H26N4O/c1-19-6-11-24-23(17-19)25(12-13-27-24)30-16-4-5-20(18-30)26(31)28-21-7-9-22(10-8-21)29-14-2-3-15-29/h2-3,6-15,17,20H,4-5,16,18H2,1H3,(H,28,31). The van der Waals surface area contributed by atoms with Crippen LogP contribution in [-0.4, -0.2) is 28.5 Å². The summed E-state index contributed by atoms with van der Waals surface area (Å²) in [7, 11) is 0. The summed E-state index contributed by atoms with van der Waals surface area (Å²) in [5, 5.41) is 4.27. The molecule has 1 aliphatic rings. The number of carbonyl (C=O) groups is 1. The molecule has 1 amide bonds. The minimum atomic E-state index is -0.0362. The van der Waals surface area contributed by atoms with Gasteiger partial charge in [0.05, 0.1) is 11.4 Å². The fourth-order valence-corrected chi connectivity index (χ4v) is 4.40. The number of aryl methyl sites for hydroxylation is 1. The molecule has 3 heterocycles. The number of rotatable bonds is 4. The van der Waals surface area contributed by atoms with Crippen molar-refractivity contribution in [2.45, 2.75) is 19.8 Å². The van der Waals surface area contributed by atoms with Crippen LogP contribution in [0.15, 0.2) is 79.3 Å². The summed E-state index contributed by atoms with van der Waals surface area (Å²) in [6.07, 6.45) is 7.79. The smallest absolute Gasteiger partial charge is 0.229 e. The van der Waals surface area contributed by atoms with Gasteiger partial charge in [-0.15, -0.1) is 0 Å². The number of aromatic nitrogens is 2. The van der Waals surface area contributed by atoms with Gasteiger partial charge >= 0.3 is 0 Å². The lowest BCUT2D eigenvalue weighted by atomic mass is 9.96. The zero-order valence-corrected chi connectivity index (χ0v) is 17.7. The molecule has 5 heteroatoms. The van der Waals surface area contributed by atoms with E-state index in [4.69, 9.17) is 0 Å². The number of nitrogens with one attached hydrogen (secondary N) is 1. The monoisotopic (exact) mass is 410 g/mol. The van der Waals surface area contributed by atoms with Gasteiger partial charge < -0.3 is 14.8 Å². The maximum absolute atomic E-state index is 13.0. The van der Waals surface area contributed by atoms with Crippen molar-refractivity contribution in [1.29, 1.82) is 0 Å². The molecule has 0 radical (unpaired) electrons. The molecule has 2 aromatic carbocycles. The Kier molecular flexibility index (Phi) is 5.16. The average molecular weight is 411 g/mol. The molecule has 156 valence electrons. The number of nitrogens with zero attached hydrogens (tertiary/aromatic N) is 3. The van der Waals surface area contributed by atoms with Crippen LogP contribution in [0.3, 0.4) is 0 Å². The largest absolute Gasteiger partial charge is 0.370 e. The Balaban J connectivity index is 1.30. The number of fused-ring (bicyclic) bond motifs is 1. The van der Waals surface area contributed by atoms with Gasteiger partial charge in [-0.25, -0.2) is 0 Å². The van der Waals surface area contributed by atoms with E-state index in [-0.39, 0.29) is 11.8 Å². The van der Waals surface area contributed by atoms with E-state index < -0.39 is 0 Å². The number of piperidine rings is 1. The lowest BCUT2D eigenvalue weighted by molar-refractivity contribution is -0.120. The maximum Gasteiger partial charge on any atom is 0.229 e. The zero-order chi connectivity index (χ0) is 21.2. The van der Waals surface area contributed by atoms with Gasteiger partial charge in [0.15, 0.2) is 0 Å². The Hall–Kier alpha value is -3.60. The maximum atomic E-state index is 13.0. The summed E-state index contributed by atoms with van der Waals surface area (Å²) in [4.78, 5) is 19.9. The Bertz CT molecular complexity index is 1200. The van der Waals surface area contributed by atoms with E-state index in [9.17, 15) is 4.79 Å². The van der Waals surface area contributed by atoms with Crippen molar-refractivity contribution in [2.75, 3.05) is 23.3 Å². The fourth-order valence-electron chi connectivity index (χ4n) is 4.40. The van der Waals surface area contributed by atoms with E-state index in [0.717, 1.165) is 48.2 Å². The van der Waals surface area contributed by atoms with Gasteiger partial charge in [0, 0.05) is 54.1 Å². The van der Waals surface area contributed by atoms with E-state index in [1.807, 2.05) is 59.6 Å². The van der Waals surface area contributed by atoms with Crippen LogP contribution >= 0.6 is 0 Å². The zero-order valence-electron chi connectivity index (χ0n) is 17.7. The Morgan fingerprint density at radius 1 is 1.06 bits per heavy atom. The van der Waals surface area contributed by atoms with Crippen LogP contribution in [0.5, 0.6) is 0 Å². The number of hydrogen-bond donors (Lipinski definition) is 1. The minimum absolute atomic E-state index is 0.0362. The van der Waals surface area contributed by atoms with E-state index in [1.54, 1.807) is 0 Å². The molecule has 0 saturated carbocycles. The number of pyridine rings is 1. The Labute approximate surface area is 182 Å². The van der Waals surface area contributed by atoms with Gasteiger partial charge in [0.1, 0.15) is 0 Å². The Morgan fingerprint density at radius 3 is 2.68 bits per heavy atom. The molecular formula is C26H26N4O. The summed E-state index contributed by atoms with van der Waals surface area (Å²) in [6, 6.07) is 20.4. The second-order valence-electron chi connectivity index (χ2n) is 8.26. The molecule has 2 aromatic heterocycles. The van der Waals surface area contributed by atoms with E-state index in [1.165, 1.54) is 11.3 Å². The average Bonchev–Trinajstić information content (AvgIpc) is 3.34. The molecule has 0 aliphatic carbocycles. The normalized spacial score (nSPS) is 16.4. The van der Waals surface area contributed by atoms with E-state index in [0.29, 0.717) is 0 Å². The summed E-state index contributed by atoms with van der Waals surface area (Å²) in [6.45, 7) is 3.78. The van der Waals surface area contributed by atoms with Crippen molar-refractivity contribution in [2.24, 2.45) is 5.92 Å². The number of hydrogen-bond acceptors (Lipinski definition) is 3. The molecule has 5 rings (SSSR count). The number of anilines is 2. The molecular weight excluding hydrogens is 384 g/mol. The second kappa shape index (κ2) is 8.26. The molecule has 31 heavy (non-hydrogen) atoms. The number of benzene rings is 2. The first-order valence-corrected chi connectivity index (χ1v) is 10.8. The highest BCUT2D eigenvalue weighted by molar-refractivity contribution is 5.95. The summed E-state index contributed by atoms with van der Waals surface area (Å²) in [5.74, 6) is 0.0545. The quantitative estimate of drug-likeness (QED) is 0.504. The van der Waals surface area contributed by atoms with Gasteiger partial charge in [-0.3, -0.25) is 9.78 Å². The molecule has 1 aliphatic heterocycles. The molecule has 5 nitrogen and oxygen atoms in total. The molecule has 1 fully saturated rings. The van der Waals surface area contributed by atoms with Crippen molar-refractivity contribution < 1.29 is 4.79 Å². The molecule has 1 saturated heterocycles. The van der Waals surface area contributed by atoms with Crippen LogP contribution in [0.2, 0.25) is 0 Å². The summed E-state index contributed by atoms with van der Waals surface area (Å²) in [5.41, 5.74) is 5.30. The topological polar surface area (TPSA) is 50.2 Å². The van der Waals surface area contributed by atoms with Crippen molar-refractivity contribution in [3.8, 4) is 5.69 Å². The third kappa shape index (κ3) is 4.04. The fraction of sp³-hybridized carbons (Fsp3) is 0.231. The first kappa shape index (κ1) is 19.4. The molecule has 1 unspecified atom stereocenters. The lowest BCUT2D eigenvalue weighted by Crippen LogP contribution is -2.40. The molecule has 4 aromatic rings. The first-order valence-electron chi connectivity index (χ1n) is 10.8.